The van der Waals surface area contributed by atoms with E-state index in [2.05, 4.69) is 15.9 Å². The van der Waals surface area contributed by atoms with Crippen molar-refractivity contribution in [1.29, 1.82) is 0 Å². The highest BCUT2D eigenvalue weighted by Crippen LogP contribution is 2.23. The third-order valence-corrected chi connectivity index (χ3v) is 2.32. The molecule has 0 aromatic heterocycles. The van der Waals surface area contributed by atoms with E-state index in [0.717, 1.165) is 0 Å². The first-order valence-electron chi connectivity index (χ1n) is 4.24. The molecular formula is C10H9BrO4. The summed E-state index contributed by atoms with van der Waals surface area (Å²) in [6, 6.07) is 4.46. The largest absolute Gasteiger partial charge is 0.507 e. The molecule has 0 saturated heterocycles. The molecule has 0 radical (unpaired) electrons. The van der Waals surface area contributed by atoms with Crippen LogP contribution in [-0.4, -0.2) is 22.0 Å². The Bertz CT molecular complexity index is 400. The van der Waals surface area contributed by atoms with Gasteiger partial charge in [-0.2, -0.15) is 0 Å². The fourth-order valence-corrected chi connectivity index (χ4v) is 1.45. The van der Waals surface area contributed by atoms with Crippen molar-refractivity contribution in [2.45, 2.75) is 12.8 Å². The molecule has 0 atom stereocenters. The molecular weight excluding hydrogens is 264 g/mol. The van der Waals surface area contributed by atoms with Crippen molar-refractivity contribution >= 4 is 27.7 Å². The molecule has 0 saturated carbocycles. The van der Waals surface area contributed by atoms with Gasteiger partial charge in [-0.15, -0.1) is 0 Å². The minimum atomic E-state index is -1.03. The van der Waals surface area contributed by atoms with Gasteiger partial charge in [0.2, 0.25) is 0 Å². The van der Waals surface area contributed by atoms with E-state index in [1.54, 1.807) is 6.07 Å². The molecule has 0 aliphatic heterocycles. The monoisotopic (exact) mass is 272 g/mol. The number of halogens is 1. The minimum absolute atomic E-state index is 0.112. The summed E-state index contributed by atoms with van der Waals surface area (Å²) in [5.74, 6) is -1.54. The summed E-state index contributed by atoms with van der Waals surface area (Å²) < 4.78 is 0.666. The number of hydrogen-bond acceptors (Lipinski definition) is 3. The Morgan fingerprint density at radius 2 is 1.93 bits per heavy atom. The minimum Gasteiger partial charge on any atom is -0.507 e. The first-order chi connectivity index (χ1) is 7.00. The third-order valence-electron chi connectivity index (χ3n) is 1.82. The van der Waals surface area contributed by atoms with Crippen LogP contribution in [0.5, 0.6) is 5.75 Å². The van der Waals surface area contributed by atoms with Crippen LogP contribution in [0.4, 0.5) is 0 Å². The second kappa shape index (κ2) is 4.93. The number of ketones is 1. The zero-order valence-electron chi connectivity index (χ0n) is 7.74. The number of carboxylic acid groups (broad SMARTS) is 1. The number of hydrogen-bond donors (Lipinski definition) is 2. The van der Waals surface area contributed by atoms with Gasteiger partial charge >= 0.3 is 5.97 Å². The number of aliphatic carboxylic acids is 1. The average Bonchev–Trinajstić information content (AvgIpc) is 2.18. The van der Waals surface area contributed by atoms with Crippen LogP contribution in [0.15, 0.2) is 22.7 Å². The van der Waals surface area contributed by atoms with Crippen molar-refractivity contribution in [3.8, 4) is 5.75 Å². The highest BCUT2D eigenvalue weighted by atomic mass is 79.9. The number of phenols is 1. The highest BCUT2D eigenvalue weighted by molar-refractivity contribution is 9.10. The molecule has 0 heterocycles. The van der Waals surface area contributed by atoms with Crippen molar-refractivity contribution in [1.82, 2.24) is 0 Å². The van der Waals surface area contributed by atoms with Gasteiger partial charge in [-0.05, 0) is 18.2 Å². The van der Waals surface area contributed by atoms with E-state index < -0.39 is 5.97 Å². The van der Waals surface area contributed by atoms with Gasteiger partial charge in [0.1, 0.15) is 5.75 Å². The predicted molar refractivity (Wildman–Crippen MR) is 57.0 cm³/mol. The van der Waals surface area contributed by atoms with Crippen molar-refractivity contribution in [2.24, 2.45) is 0 Å². The molecule has 0 aliphatic carbocycles. The van der Waals surface area contributed by atoms with Gasteiger partial charge in [-0.25, -0.2) is 0 Å². The van der Waals surface area contributed by atoms with E-state index >= 15 is 0 Å². The number of carbonyl (C=O) groups excluding carboxylic acids is 1. The summed E-state index contributed by atoms with van der Waals surface area (Å²) in [6.07, 6.45) is -0.343. The lowest BCUT2D eigenvalue weighted by atomic mass is 10.1. The Morgan fingerprint density at radius 3 is 2.53 bits per heavy atom. The number of carboxylic acids is 1. The highest BCUT2D eigenvalue weighted by Gasteiger charge is 2.12. The number of carbonyl (C=O) groups is 2. The van der Waals surface area contributed by atoms with Crippen molar-refractivity contribution < 1.29 is 19.8 Å². The number of benzene rings is 1. The molecule has 0 spiro atoms. The van der Waals surface area contributed by atoms with Crippen LogP contribution in [0.2, 0.25) is 0 Å². The number of aromatic hydroxyl groups is 1. The number of rotatable bonds is 4. The van der Waals surface area contributed by atoms with Crippen LogP contribution in [0.1, 0.15) is 23.2 Å². The smallest absolute Gasteiger partial charge is 0.303 e. The maximum atomic E-state index is 11.5. The molecule has 1 aromatic rings. The summed E-state index contributed by atoms with van der Waals surface area (Å²) in [7, 11) is 0. The summed E-state index contributed by atoms with van der Waals surface area (Å²) >= 11 is 3.16. The van der Waals surface area contributed by atoms with Gasteiger partial charge in [0.15, 0.2) is 5.78 Å². The third kappa shape index (κ3) is 3.36. The van der Waals surface area contributed by atoms with Crippen LogP contribution in [0.25, 0.3) is 0 Å². The lowest BCUT2D eigenvalue weighted by Gasteiger charge is -2.03. The molecule has 80 valence electrons. The molecule has 2 N–H and O–H groups in total. The molecule has 15 heavy (non-hydrogen) atoms. The molecule has 0 fully saturated rings. The Kier molecular flexibility index (Phi) is 3.85. The molecule has 0 unspecified atom stereocenters. The van der Waals surface area contributed by atoms with Gasteiger partial charge in [0.05, 0.1) is 12.0 Å². The van der Waals surface area contributed by atoms with Gasteiger partial charge in [0, 0.05) is 10.9 Å². The number of Topliss-reactive ketones (excluding diaryl/α,β-unsaturated/α-hetero) is 1. The molecule has 4 nitrogen and oxygen atoms in total. The molecule has 0 aliphatic rings. The Balaban J connectivity index is 2.81. The molecule has 0 amide bonds. The standard InChI is InChI=1S/C10H9BrO4/c11-6-1-2-8(12)7(5-6)9(13)3-4-10(14)15/h1-2,5,12H,3-4H2,(H,14,15). The van der Waals surface area contributed by atoms with E-state index in [9.17, 15) is 14.7 Å². The van der Waals surface area contributed by atoms with E-state index in [1.165, 1.54) is 12.1 Å². The topological polar surface area (TPSA) is 74.6 Å². The predicted octanol–water partition coefficient (Wildman–Crippen LogP) is 2.20. The Labute approximate surface area is 94.7 Å². The van der Waals surface area contributed by atoms with Crippen LogP contribution in [-0.2, 0) is 4.79 Å². The van der Waals surface area contributed by atoms with E-state index in [1.807, 2.05) is 0 Å². The first kappa shape index (κ1) is 11.7. The van der Waals surface area contributed by atoms with E-state index in [4.69, 9.17) is 5.11 Å². The fraction of sp³-hybridized carbons (Fsp3) is 0.200. The Morgan fingerprint density at radius 1 is 1.27 bits per heavy atom. The summed E-state index contributed by atoms with van der Waals surface area (Å²) in [5, 5.41) is 17.8. The maximum Gasteiger partial charge on any atom is 0.303 e. The molecule has 1 rings (SSSR count). The van der Waals surface area contributed by atoms with Crippen LogP contribution in [0, 0.1) is 0 Å². The normalized spacial score (nSPS) is 9.93. The quantitative estimate of drug-likeness (QED) is 0.825. The van der Waals surface area contributed by atoms with Gasteiger partial charge in [-0.3, -0.25) is 9.59 Å². The van der Waals surface area contributed by atoms with Crippen molar-refractivity contribution in [3.05, 3.63) is 28.2 Å². The zero-order valence-corrected chi connectivity index (χ0v) is 9.32. The second-order valence-corrected chi connectivity index (χ2v) is 3.89. The Hall–Kier alpha value is -1.36. The molecule has 0 bridgehead atoms. The maximum absolute atomic E-state index is 11.5. The fourth-order valence-electron chi connectivity index (χ4n) is 1.09. The summed E-state index contributed by atoms with van der Waals surface area (Å²) in [5.41, 5.74) is 0.144. The number of phenolic OH excluding ortho intramolecular Hbond substituents is 1. The van der Waals surface area contributed by atoms with Crippen LogP contribution in [0.3, 0.4) is 0 Å². The second-order valence-electron chi connectivity index (χ2n) is 2.98. The van der Waals surface area contributed by atoms with Gasteiger partial charge in [0.25, 0.3) is 0 Å². The lowest BCUT2D eigenvalue weighted by Crippen LogP contribution is -2.04. The van der Waals surface area contributed by atoms with E-state index in [-0.39, 0.29) is 29.9 Å². The SMILES string of the molecule is O=C(O)CCC(=O)c1cc(Br)ccc1O. The van der Waals surface area contributed by atoms with Crippen molar-refractivity contribution in [3.63, 3.8) is 0 Å². The van der Waals surface area contributed by atoms with Crippen LogP contribution >= 0.6 is 15.9 Å². The molecule has 1 aromatic carbocycles. The van der Waals surface area contributed by atoms with Gasteiger partial charge in [-0.1, -0.05) is 15.9 Å². The zero-order chi connectivity index (χ0) is 11.4. The van der Waals surface area contributed by atoms with E-state index in [0.29, 0.717) is 4.47 Å². The van der Waals surface area contributed by atoms with Crippen LogP contribution < -0.4 is 0 Å². The average molecular weight is 273 g/mol. The molecule has 5 heteroatoms. The first-order valence-corrected chi connectivity index (χ1v) is 5.03. The summed E-state index contributed by atoms with van der Waals surface area (Å²) in [6.45, 7) is 0. The van der Waals surface area contributed by atoms with Gasteiger partial charge < -0.3 is 10.2 Å². The summed E-state index contributed by atoms with van der Waals surface area (Å²) in [4.78, 5) is 21.7. The lowest BCUT2D eigenvalue weighted by molar-refractivity contribution is -0.136. The van der Waals surface area contributed by atoms with Crippen molar-refractivity contribution in [2.75, 3.05) is 0 Å².